The number of halogens is 1. The van der Waals surface area contributed by atoms with Crippen LogP contribution in [0.2, 0.25) is 0 Å². The molecule has 4 aromatic heterocycles. The number of hydrogen-bond acceptors (Lipinski definition) is 5. The molecule has 0 fully saturated rings. The topological polar surface area (TPSA) is 125 Å². The zero-order valence-corrected chi connectivity index (χ0v) is 21.4. The van der Waals surface area contributed by atoms with Crippen molar-refractivity contribution in [2.24, 2.45) is 7.05 Å². The van der Waals surface area contributed by atoms with Gasteiger partial charge in [-0.1, -0.05) is 24.3 Å². The normalized spacial score (nSPS) is 18.6. The number of rotatable bonds is 5. The van der Waals surface area contributed by atoms with E-state index in [0.29, 0.717) is 17.9 Å². The molecule has 2 aromatic carbocycles. The van der Waals surface area contributed by atoms with Crippen LogP contribution < -0.4 is 5.32 Å². The van der Waals surface area contributed by atoms with Crippen molar-refractivity contribution >= 4 is 16.9 Å². The van der Waals surface area contributed by atoms with Gasteiger partial charge in [0.05, 0.1) is 35.5 Å². The van der Waals surface area contributed by atoms with E-state index in [-0.39, 0.29) is 17.6 Å². The Balaban J connectivity index is 1.46. The summed E-state index contributed by atoms with van der Waals surface area (Å²) in [5, 5.41) is 19.1. The van der Waals surface area contributed by atoms with Crippen molar-refractivity contribution in [1.29, 1.82) is 0 Å². The fourth-order valence-electron chi connectivity index (χ4n) is 5.73. The maximum atomic E-state index is 13.5. The predicted octanol–water partition coefficient (Wildman–Crippen LogP) is 4.70. The van der Waals surface area contributed by atoms with Crippen molar-refractivity contribution in [2.75, 3.05) is 0 Å². The minimum Gasteiger partial charge on any atom is -0.477 e. The lowest BCUT2D eigenvalue weighted by molar-refractivity contribution is 0.0690. The van der Waals surface area contributed by atoms with Gasteiger partial charge in [0.1, 0.15) is 22.9 Å². The van der Waals surface area contributed by atoms with E-state index < -0.39 is 11.5 Å². The number of carboxylic acid groups (broad SMARTS) is 1. The molecule has 0 bridgehead atoms. The molecule has 7 rings (SSSR count). The SMILES string of the molecule is Cn1cc([C@]2(c3cccc(C(=O)O)n3)N[C@@H](c3ncc(-c4ccc(F)cc4)[nH]3)Cc3c2[nH]c2ccccc32)cn1. The van der Waals surface area contributed by atoms with E-state index in [2.05, 4.69) is 31.4 Å². The minimum absolute atomic E-state index is 0.0565. The van der Waals surface area contributed by atoms with Crippen LogP contribution in [0.25, 0.3) is 22.2 Å². The van der Waals surface area contributed by atoms with Crippen LogP contribution in [0.4, 0.5) is 4.39 Å². The number of nitrogens with zero attached hydrogens (tertiary/aromatic N) is 4. The molecule has 1 aliphatic rings. The first kappa shape index (κ1) is 24.0. The van der Waals surface area contributed by atoms with Crippen molar-refractivity contribution in [2.45, 2.75) is 18.0 Å². The first-order valence-corrected chi connectivity index (χ1v) is 12.8. The Morgan fingerprint density at radius 1 is 1.05 bits per heavy atom. The largest absolute Gasteiger partial charge is 0.477 e. The molecule has 5 heterocycles. The lowest BCUT2D eigenvalue weighted by atomic mass is 9.77. The summed E-state index contributed by atoms with van der Waals surface area (Å²) >= 11 is 0. The Hall–Kier alpha value is -5.09. The lowest BCUT2D eigenvalue weighted by Gasteiger charge is -2.41. The number of aryl methyl sites for hydroxylation is 1. The molecular formula is C30H24FN7O2. The number of H-pyrrole nitrogens is 2. The fraction of sp³-hybridized carbons (Fsp3) is 0.133. The highest BCUT2D eigenvalue weighted by molar-refractivity contribution is 5.87. The molecule has 0 spiro atoms. The van der Waals surface area contributed by atoms with Crippen molar-refractivity contribution < 1.29 is 14.3 Å². The second-order valence-electron chi connectivity index (χ2n) is 9.98. The molecule has 0 radical (unpaired) electrons. The van der Waals surface area contributed by atoms with E-state index in [0.717, 1.165) is 39.0 Å². The summed E-state index contributed by atoms with van der Waals surface area (Å²) in [7, 11) is 1.84. The van der Waals surface area contributed by atoms with Gasteiger partial charge in [-0.2, -0.15) is 5.10 Å². The summed E-state index contributed by atoms with van der Waals surface area (Å²) < 4.78 is 15.2. The van der Waals surface area contributed by atoms with E-state index in [1.807, 2.05) is 37.5 Å². The van der Waals surface area contributed by atoms with Crippen LogP contribution >= 0.6 is 0 Å². The van der Waals surface area contributed by atoms with Gasteiger partial charge in [-0.05, 0) is 60.0 Å². The Labute approximate surface area is 227 Å². The van der Waals surface area contributed by atoms with Gasteiger partial charge < -0.3 is 15.1 Å². The minimum atomic E-state index is -1.11. The monoisotopic (exact) mass is 533 g/mol. The molecule has 1 aliphatic heterocycles. The maximum absolute atomic E-state index is 13.5. The number of aromatic carboxylic acids is 1. The Kier molecular flexibility index (Phi) is 5.39. The third kappa shape index (κ3) is 3.72. The summed E-state index contributed by atoms with van der Waals surface area (Å²) in [5.41, 5.74) is 4.68. The van der Waals surface area contributed by atoms with Crippen LogP contribution in [-0.2, 0) is 19.0 Å². The molecule has 0 aliphatic carbocycles. The summed E-state index contributed by atoms with van der Waals surface area (Å²) in [5.74, 6) is -0.720. The summed E-state index contributed by atoms with van der Waals surface area (Å²) in [6, 6.07) is 19.0. The van der Waals surface area contributed by atoms with E-state index in [4.69, 9.17) is 4.98 Å². The number of aromatic nitrogens is 6. The third-order valence-electron chi connectivity index (χ3n) is 7.56. The van der Waals surface area contributed by atoms with Crippen molar-refractivity contribution in [3.63, 3.8) is 0 Å². The Morgan fingerprint density at radius 3 is 2.65 bits per heavy atom. The molecule has 10 heteroatoms. The van der Waals surface area contributed by atoms with Gasteiger partial charge in [-0.15, -0.1) is 0 Å². The number of aromatic amines is 2. The molecule has 6 aromatic rings. The number of para-hydroxylation sites is 1. The van der Waals surface area contributed by atoms with Gasteiger partial charge in [-0.3, -0.25) is 10.00 Å². The molecular weight excluding hydrogens is 509 g/mol. The molecule has 198 valence electrons. The number of benzene rings is 2. The molecule has 0 amide bonds. The molecule has 2 atom stereocenters. The highest BCUT2D eigenvalue weighted by Gasteiger charge is 2.48. The van der Waals surface area contributed by atoms with Gasteiger partial charge >= 0.3 is 5.97 Å². The number of fused-ring (bicyclic) bond motifs is 3. The lowest BCUT2D eigenvalue weighted by Crippen LogP contribution is -2.51. The van der Waals surface area contributed by atoms with Gasteiger partial charge in [0.15, 0.2) is 0 Å². The van der Waals surface area contributed by atoms with Crippen LogP contribution in [0.15, 0.2) is 85.3 Å². The number of imidazole rings is 1. The molecule has 0 saturated carbocycles. The molecule has 0 unspecified atom stereocenters. The van der Waals surface area contributed by atoms with Crippen LogP contribution in [-0.4, -0.2) is 40.8 Å². The first-order chi connectivity index (χ1) is 19.4. The van der Waals surface area contributed by atoms with Gasteiger partial charge in [0.2, 0.25) is 0 Å². The van der Waals surface area contributed by atoms with Crippen molar-refractivity contribution in [3.05, 3.63) is 125 Å². The second-order valence-corrected chi connectivity index (χ2v) is 9.98. The predicted molar refractivity (Wildman–Crippen MR) is 146 cm³/mol. The number of carboxylic acids is 1. The smallest absolute Gasteiger partial charge is 0.354 e. The van der Waals surface area contributed by atoms with E-state index in [9.17, 15) is 14.3 Å². The third-order valence-corrected chi connectivity index (χ3v) is 7.56. The van der Waals surface area contributed by atoms with Gasteiger partial charge in [0.25, 0.3) is 0 Å². The average Bonchev–Trinajstić information content (AvgIpc) is 3.72. The Bertz CT molecular complexity index is 1890. The summed E-state index contributed by atoms with van der Waals surface area (Å²) in [6.45, 7) is 0. The molecule has 4 N–H and O–H groups in total. The van der Waals surface area contributed by atoms with Crippen LogP contribution in [0.5, 0.6) is 0 Å². The van der Waals surface area contributed by atoms with E-state index in [1.54, 1.807) is 35.3 Å². The zero-order chi connectivity index (χ0) is 27.4. The maximum Gasteiger partial charge on any atom is 0.354 e. The molecule has 9 nitrogen and oxygen atoms in total. The zero-order valence-electron chi connectivity index (χ0n) is 21.4. The first-order valence-electron chi connectivity index (χ1n) is 12.8. The summed E-state index contributed by atoms with van der Waals surface area (Å²) in [4.78, 5) is 28.4. The quantitative estimate of drug-likeness (QED) is 0.255. The standard InChI is InChI=1S/C30H24FN7O2/c1-38-16-18(14-33-38)30(26-8-4-7-23(34-26)29(39)40)27-21(20-5-2-3-6-22(20)35-27)13-24(37-30)28-32-15-25(36-28)17-9-11-19(31)12-10-17/h2-12,14-16,24,35,37H,13H2,1H3,(H,32,36)(H,39,40)/t24-,30-/m1/s1. The number of hydrogen-bond donors (Lipinski definition) is 4. The van der Waals surface area contributed by atoms with Crippen molar-refractivity contribution in [3.8, 4) is 11.3 Å². The number of pyridine rings is 1. The van der Waals surface area contributed by atoms with E-state index in [1.165, 1.54) is 18.2 Å². The molecule has 0 saturated heterocycles. The molecule has 40 heavy (non-hydrogen) atoms. The van der Waals surface area contributed by atoms with E-state index >= 15 is 0 Å². The second kappa shape index (κ2) is 8.99. The highest BCUT2D eigenvalue weighted by atomic mass is 19.1. The van der Waals surface area contributed by atoms with Crippen molar-refractivity contribution in [1.82, 2.24) is 35.0 Å². The highest BCUT2D eigenvalue weighted by Crippen LogP contribution is 2.46. The average molecular weight is 534 g/mol. The Morgan fingerprint density at radius 2 is 1.88 bits per heavy atom. The fourth-order valence-corrected chi connectivity index (χ4v) is 5.73. The van der Waals surface area contributed by atoms with Gasteiger partial charge in [0, 0.05) is 29.7 Å². The summed E-state index contributed by atoms with van der Waals surface area (Å²) in [6.07, 6.45) is 6.03. The van der Waals surface area contributed by atoms with Crippen LogP contribution in [0.1, 0.15) is 44.9 Å². The van der Waals surface area contributed by atoms with Gasteiger partial charge in [-0.25, -0.2) is 19.2 Å². The number of carbonyl (C=O) groups is 1. The van der Waals surface area contributed by atoms with Crippen LogP contribution in [0.3, 0.4) is 0 Å². The van der Waals surface area contributed by atoms with Crippen LogP contribution in [0, 0.1) is 5.82 Å². The number of nitrogens with one attached hydrogen (secondary N) is 3.